The molecule has 1 N–H and O–H groups in total. The maximum Gasteiger partial charge on any atom is 0.417 e. The van der Waals surface area contributed by atoms with E-state index in [2.05, 4.69) is 5.32 Å². The number of halogens is 3. The van der Waals surface area contributed by atoms with E-state index in [4.69, 9.17) is 10.00 Å². The number of ether oxygens (including phenoxy) is 1. The third kappa shape index (κ3) is 4.61. The van der Waals surface area contributed by atoms with Crippen molar-refractivity contribution in [1.29, 1.82) is 5.26 Å². The average molecular weight is 479 g/mol. The minimum Gasteiger partial charge on any atom is -0.425 e. The molecule has 33 heavy (non-hydrogen) atoms. The lowest BCUT2D eigenvalue weighted by molar-refractivity contribution is -0.139. The molecule has 1 aliphatic carbocycles. The molecule has 1 saturated carbocycles. The Kier molecular flexibility index (Phi) is 5.74. The zero-order valence-electron chi connectivity index (χ0n) is 17.2. The molecule has 0 unspecified atom stereocenters. The van der Waals surface area contributed by atoms with Crippen molar-refractivity contribution >= 4 is 21.6 Å². The molecule has 1 saturated heterocycles. The van der Waals surface area contributed by atoms with Gasteiger partial charge in [-0.25, -0.2) is 13.2 Å². The van der Waals surface area contributed by atoms with Crippen LogP contribution in [0, 0.1) is 11.3 Å². The minimum absolute atomic E-state index is 0.167. The van der Waals surface area contributed by atoms with Crippen molar-refractivity contribution in [3.63, 3.8) is 0 Å². The molecule has 2 aliphatic rings. The van der Waals surface area contributed by atoms with Crippen LogP contribution >= 0.6 is 0 Å². The number of nitrogens with one attached hydrogen (secondary N) is 1. The van der Waals surface area contributed by atoms with Gasteiger partial charge in [0.2, 0.25) is 0 Å². The quantitative estimate of drug-likeness (QED) is 0.699. The molecule has 1 aliphatic heterocycles. The molecule has 7 nitrogen and oxygen atoms in total. The third-order valence-electron chi connectivity index (χ3n) is 5.79. The molecule has 0 bridgehead atoms. The molecule has 11 heteroatoms. The maximum absolute atomic E-state index is 13.5. The van der Waals surface area contributed by atoms with Gasteiger partial charge in [-0.3, -0.25) is 0 Å². The van der Waals surface area contributed by atoms with E-state index in [0.717, 1.165) is 18.2 Å². The molecule has 174 valence electrons. The van der Waals surface area contributed by atoms with Crippen LogP contribution in [0.4, 0.5) is 23.7 Å². The zero-order chi connectivity index (χ0) is 23.9. The van der Waals surface area contributed by atoms with E-state index in [0.29, 0.717) is 18.5 Å². The smallest absolute Gasteiger partial charge is 0.417 e. The molecule has 2 aromatic carbocycles. The van der Waals surface area contributed by atoms with E-state index in [1.807, 2.05) is 6.07 Å². The van der Waals surface area contributed by atoms with Crippen molar-refractivity contribution in [2.75, 3.05) is 11.4 Å². The first-order chi connectivity index (χ1) is 15.6. The second kappa shape index (κ2) is 8.26. The van der Waals surface area contributed by atoms with E-state index in [9.17, 15) is 26.4 Å². The molecular formula is C22H20F3N3O4S. The number of sulfone groups is 1. The number of hydrogen-bond donors (Lipinski definition) is 1. The summed E-state index contributed by atoms with van der Waals surface area (Å²) in [5, 5.41) is 10.4. The van der Waals surface area contributed by atoms with E-state index >= 15 is 0 Å². The summed E-state index contributed by atoms with van der Waals surface area (Å²) in [6.45, 7) is -0.167. The summed E-state index contributed by atoms with van der Waals surface area (Å²) in [4.78, 5) is 13.1. The molecule has 2 atom stereocenters. The van der Waals surface area contributed by atoms with Crippen molar-refractivity contribution < 1.29 is 31.1 Å². The first-order valence-electron chi connectivity index (χ1n) is 10.2. The van der Waals surface area contributed by atoms with Crippen LogP contribution < -0.4 is 10.2 Å². The number of benzene rings is 2. The van der Waals surface area contributed by atoms with Crippen molar-refractivity contribution in [3.05, 3.63) is 60.2 Å². The number of alkyl carbamates (subject to hydrolysis) is 1. The highest BCUT2D eigenvalue weighted by molar-refractivity contribution is 7.92. The Morgan fingerprint density at radius 3 is 2.36 bits per heavy atom. The lowest BCUT2D eigenvalue weighted by Gasteiger charge is -2.26. The van der Waals surface area contributed by atoms with E-state index in [1.54, 1.807) is 30.3 Å². The number of alkyl halides is 3. The second-order valence-corrected chi connectivity index (χ2v) is 10.3. The van der Waals surface area contributed by atoms with Crippen LogP contribution in [-0.4, -0.2) is 38.1 Å². The molecule has 2 fully saturated rings. The first kappa shape index (κ1) is 22.9. The number of carbonyl (C=O) groups excluding carboxylic acids is 1. The second-order valence-electron chi connectivity index (χ2n) is 8.06. The van der Waals surface area contributed by atoms with Gasteiger partial charge < -0.3 is 15.0 Å². The Morgan fingerprint density at radius 2 is 1.76 bits per heavy atom. The number of nitrogens with zero attached hydrogens (tertiary/aromatic N) is 2. The Balaban J connectivity index is 1.63. The summed E-state index contributed by atoms with van der Waals surface area (Å²) in [6.07, 6.45) is -6.02. The third-order valence-corrected chi connectivity index (χ3v) is 7.97. The maximum atomic E-state index is 13.5. The first-order valence-corrected chi connectivity index (χ1v) is 11.7. The monoisotopic (exact) mass is 479 g/mol. The number of nitriles is 1. The van der Waals surface area contributed by atoms with Crippen LogP contribution in [0.25, 0.3) is 0 Å². The predicted molar refractivity (Wildman–Crippen MR) is 112 cm³/mol. The number of amides is 1. The van der Waals surface area contributed by atoms with Gasteiger partial charge in [0, 0.05) is 18.7 Å². The van der Waals surface area contributed by atoms with Gasteiger partial charge in [0.05, 0.1) is 21.8 Å². The summed E-state index contributed by atoms with van der Waals surface area (Å²) >= 11 is 0. The topological polar surface area (TPSA) is 99.5 Å². The molecular weight excluding hydrogens is 459 g/mol. The van der Waals surface area contributed by atoms with E-state index in [1.165, 1.54) is 11.0 Å². The number of para-hydroxylation sites is 1. The summed E-state index contributed by atoms with van der Waals surface area (Å²) in [5.74, 6) is 0. The van der Waals surface area contributed by atoms with Crippen molar-refractivity contribution in [3.8, 4) is 6.07 Å². The van der Waals surface area contributed by atoms with Crippen molar-refractivity contribution in [1.82, 2.24) is 5.32 Å². The molecule has 2 aromatic rings. The zero-order valence-corrected chi connectivity index (χ0v) is 18.1. The Hall–Kier alpha value is -3.26. The number of carbonyl (C=O) groups is 1. The minimum atomic E-state index is -4.84. The van der Waals surface area contributed by atoms with Gasteiger partial charge in [-0.05, 0) is 37.1 Å². The molecule has 1 amide bonds. The summed E-state index contributed by atoms with van der Waals surface area (Å²) in [6, 6.07) is 14.6. The van der Waals surface area contributed by atoms with E-state index < -0.39 is 49.6 Å². The van der Waals surface area contributed by atoms with Gasteiger partial charge in [0.25, 0.3) is 0 Å². The average Bonchev–Trinajstić information content (AvgIpc) is 3.42. The van der Waals surface area contributed by atoms with E-state index in [-0.39, 0.29) is 13.0 Å². The predicted octanol–water partition coefficient (Wildman–Crippen LogP) is 3.87. The summed E-state index contributed by atoms with van der Waals surface area (Å²) in [5.41, 5.74) is -1.66. The Morgan fingerprint density at radius 1 is 1.12 bits per heavy atom. The highest BCUT2D eigenvalue weighted by Gasteiger charge is 2.48. The lowest BCUT2D eigenvalue weighted by Crippen LogP contribution is -2.41. The normalized spacial score (nSPS) is 21.8. The number of rotatable bonds is 5. The summed E-state index contributed by atoms with van der Waals surface area (Å²) in [7, 11) is -4.42. The molecule has 4 rings (SSSR count). The van der Waals surface area contributed by atoms with Crippen LogP contribution in [0.5, 0.6) is 0 Å². The lowest BCUT2D eigenvalue weighted by atomic mass is 10.2. The highest BCUT2D eigenvalue weighted by Crippen LogP contribution is 2.39. The van der Waals surface area contributed by atoms with Crippen LogP contribution in [0.15, 0.2) is 59.5 Å². The van der Waals surface area contributed by atoms with Gasteiger partial charge in [-0.1, -0.05) is 30.3 Å². The van der Waals surface area contributed by atoms with Gasteiger partial charge >= 0.3 is 12.3 Å². The van der Waals surface area contributed by atoms with Crippen LogP contribution in [0.2, 0.25) is 0 Å². The van der Waals surface area contributed by atoms with Crippen molar-refractivity contribution in [2.45, 2.75) is 47.4 Å². The van der Waals surface area contributed by atoms with Crippen LogP contribution in [0.3, 0.4) is 0 Å². The fourth-order valence-corrected chi connectivity index (χ4v) is 5.75. The molecule has 0 radical (unpaired) electrons. The van der Waals surface area contributed by atoms with Gasteiger partial charge in [0.1, 0.15) is 5.54 Å². The van der Waals surface area contributed by atoms with Gasteiger partial charge in [0.15, 0.2) is 16.1 Å². The van der Waals surface area contributed by atoms with Crippen LogP contribution in [-0.2, 0) is 20.8 Å². The number of hydrogen-bond acceptors (Lipinski definition) is 6. The Bertz CT molecular complexity index is 1190. The van der Waals surface area contributed by atoms with Crippen LogP contribution in [0.1, 0.15) is 24.8 Å². The SMILES string of the molecule is N#CC1(NC(=O)O[C@H]2C[C@@H](S(=O)(=O)c3ccccc3C(F)(F)F)CN2c2ccccc2)CC1. The highest BCUT2D eigenvalue weighted by atomic mass is 32.2. The summed E-state index contributed by atoms with van der Waals surface area (Å²) < 4.78 is 72.4. The number of anilines is 1. The molecule has 0 spiro atoms. The standard InChI is InChI=1S/C22H20F3N3O4S/c23-22(24,25)17-8-4-5-9-18(17)33(30,31)16-12-19(28(13-16)15-6-2-1-3-7-15)32-20(29)27-21(14-26)10-11-21/h1-9,16,19H,10-13H2,(H,27,29)/t16-,19+/m1/s1. The molecule has 1 heterocycles. The van der Waals surface area contributed by atoms with Gasteiger partial charge in [-0.15, -0.1) is 0 Å². The van der Waals surface area contributed by atoms with Gasteiger partial charge in [-0.2, -0.15) is 18.4 Å². The molecule has 0 aromatic heterocycles. The fraction of sp³-hybridized carbons (Fsp3) is 0.364. The van der Waals surface area contributed by atoms with Crippen molar-refractivity contribution in [2.24, 2.45) is 0 Å². The Labute approximate surface area is 188 Å². The fourth-order valence-electron chi connectivity index (χ4n) is 3.86. The largest absolute Gasteiger partial charge is 0.425 e.